The summed E-state index contributed by atoms with van der Waals surface area (Å²) in [6.45, 7) is 31.5. The number of carbonyl (C=O) groups is 4. The molecule has 0 aliphatic heterocycles. The average Bonchev–Trinajstić information content (AvgIpc) is 1.78. The summed E-state index contributed by atoms with van der Waals surface area (Å²) in [5.74, 6) is 1.74. The summed E-state index contributed by atoms with van der Waals surface area (Å²) < 4.78 is 5.38. The molecule has 0 aliphatic carbocycles. The maximum absolute atomic E-state index is 11.3. The van der Waals surface area contributed by atoms with Crippen LogP contribution in [0.3, 0.4) is 0 Å². The van der Waals surface area contributed by atoms with Crippen molar-refractivity contribution in [2.75, 3.05) is 28.4 Å². The second-order valence-corrected chi connectivity index (χ2v) is 29.9. The number of aromatic nitrogens is 12. The number of benzene rings is 5. The molecule has 0 atom stereocenters. The van der Waals surface area contributed by atoms with Gasteiger partial charge in [0.05, 0.1) is 55.9 Å². The Morgan fingerprint density at radius 1 is 0.383 bits per heavy atom. The van der Waals surface area contributed by atoms with Crippen LogP contribution in [0.2, 0.25) is 0 Å². The Morgan fingerprint density at radius 3 is 1.03 bits per heavy atom. The number of carboxylic acid groups (broad SMARTS) is 4. The minimum atomic E-state index is -1.02. The minimum absolute atomic E-state index is 0.00279. The molecule has 13 aromatic rings. The Hall–Kier alpha value is -13.0. The SMILES string of the molecule is C=CCc1c(CC)nc(-c2csc(C)n2)nc1Nc1ccc(C(=O)O)cc1.C=CCc1c(CC)nc(-c2csc(C)n2)nc1Nc1ccc(C(=O)O)cc1OC.C=CCc1c(CC)nc(-c2csc(C)n2)nc1Nc1ccc(CC(=O)O)cc1.C=CCc1c(CC)nc(-c2csc(C)n2)nc1Nc1ccc2cc(C(=O)O)ccc2c1. The van der Waals surface area contributed by atoms with Crippen LogP contribution in [-0.2, 0) is 62.6 Å². The van der Waals surface area contributed by atoms with Crippen LogP contribution < -0.4 is 26.0 Å². The predicted octanol–water partition coefficient (Wildman–Crippen LogP) is 19.7. The van der Waals surface area contributed by atoms with Crippen LogP contribution in [-0.4, -0.2) is 111 Å². The molecule has 5 aromatic carbocycles. The third kappa shape index (κ3) is 22.0. The summed E-state index contributed by atoms with van der Waals surface area (Å²) in [4.78, 5) is 100. The van der Waals surface area contributed by atoms with E-state index >= 15 is 0 Å². The van der Waals surface area contributed by atoms with Crippen molar-refractivity contribution in [3.63, 3.8) is 0 Å². The fourth-order valence-corrected chi connectivity index (χ4v) is 14.3. The summed E-state index contributed by atoms with van der Waals surface area (Å²) in [7, 11) is 1.50. The first-order valence-electron chi connectivity index (χ1n) is 36.6. The predicted molar refractivity (Wildman–Crippen MR) is 460 cm³/mol. The van der Waals surface area contributed by atoms with E-state index in [0.29, 0.717) is 72.1 Å². The maximum atomic E-state index is 11.3. The number of anilines is 8. The first-order valence-corrected chi connectivity index (χ1v) is 40.1. The number of carboxylic acids is 4. The summed E-state index contributed by atoms with van der Waals surface area (Å²) in [5, 5.41) is 63.2. The van der Waals surface area contributed by atoms with E-state index in [-0.39, 0.29) is 23.1 Å². The molecule has 25 nitrogen and oxygen atoms in total. The number of aliphatic carboxylic acids is 1. The zero-order valence-corrected chi connectivity index (χ0v) is 68.2. The molecule has 0 fully saturated rings. The lowest BCUT2D eigenvalue weighted by atomic mass is 10.1. The van der Waals surface area contributed by atoms with Crippen molar-refractivity contribution in [3.8, 4) is 51.8 Å². The van der Waals surface area contributed by atoms with Crippen molar-refractivity contribution >= 4 is 126 Å². The van der Waals surface area contributed by atoms with E-state index in [0.717, 1.165) is 159 Å². The highest BCUT2D eigenvalue weighted by Crippen LogP contribution is 2.36. The van der Waals surface area contributed by atoms with Gasteiger partial charge in [0.2, 0.25) is 0 Å². The van der Waals surface area contributed by atoms with E-state index in [1.807, 2.05) is 111 Å². The lowest BCUT2D eigenvalue weighted by Crippen LogP contribution is -2.08. The molecule has 0 radical (unpaired) electrons. The van der Waals surface area contributed by atoms with E-state index in [2.05, 4.69) is 88.3 Å². The van der Waals surface area contributed by atoms with Crippen LogP contribution >= 0.6 is 45.3 Å². The Kier molecular flexibility index (Phi) is 29.4. The van der Waals surface area contributed by atoms with Gasteiger partial charge in [-0.2, -0.15) is 0 Å². The number of nitrogens with zero attached hydrogens (tertiary/aromatic N) is 12. The van der Waals surface area contributed by atoms with Crippen LogP contribution in [0.25, 0.3) is 56.8 Å². The van der Waals surface area contributed by atoms with Crippen molar-refractivity contribution < 1.29 is 44.3 Å². The van der Waals surface area contributed by atoms with Gasteiger partial charge in [-0.25, -0.2) is 74.2 Å². The Balaban J connectivity index is 0.000000162. The number of hydrogen-bond acceptors (Lipinski definition) is 25. The lowest BCUT2D eigenvalue weighted by Gasteiger charge is -2.16. The Morgan fingerprint density at radius 2 is 0.696 bits per heavy atom. The first kappa shape index (κ1) is 84.5. The van der Waals surface area contributed by atoms with Gasteiger partial charge in [-0.3, -0.25) is 4.79 Å². The second kappa shape index (κ2) is 40.0. The molecule has 588 valence electrons. The molecule has 8 N–H and O–H groups in total. The highest BCUT2D eigenvalue weighted by molar-refractivity contribution is 7.10. The number of allylic oxidation sites excluding steroid dienone is 4. The van der Waals surface area contributed by atoms with Crippen molar-refractivity contribution in [3.05, 3.63) is 263 Å². The molecular weight excluding hydrogens is 1530 g/mol. The van der Waals surface area contributed by atoms with Crippen LogP contribution in [0.5, 0.6) is 5.75 Å². The van der Waals surface area contributed by atoms with Gasteiger partial charge in [0.15, 0.2) is 23.3 Å². The van der Waals surface area contributed by atoms with Gasteiger partial charge in [0.25, 0.3) is 0 Å². The monoisotopic (exact) mass is 1610 g/mol. The van der Waals surface area contributed by atoms with E-state index in [4.69, 9.17) is 54.8 Å². The van der Waals surface area contributed by atoms with Crippen LogP contribution in [0, 0.1) is 27.7 Å². The smallest absolute Gasteiger partial charge is 0.335 e. The molecule has 0 saturated carbocycles. The average molecular weight is 1620 g/mol. The zero-order chi connectivity index (χ0) is 82.4. The van der Waals surface area contributed by atoms with E-state index in [1.54, 1.807) is 106 Å². The van der Waals surface area contributed by atoms with Gasteiger partial charge in [-0.15, -0.1) is 71.7 Å². The molecule has 8 aromatic heterocycles. The van der Waals surface area contributed by atoms with Gasteiger partial charge in [-0.1, -0.05) is 76.3 Å². The van der Waals surface area contributed by atoms with Crippen molar-refractivity contribution in [2.24, 2.45) is 0 Å². The van der Waals surface area contributed by atoms with Crippen molar-refractivity contribution in [2.45, 2.75) is 113 Å². The Labute approximate surface area is 681 Å². The van der Waals surface area contributed by atoms with Crippen LogP contribution in [0.4, 0.5) is 46.0 Å². The number of methoxy groups -OCH3 is 1. The number of rotatable bonds is 30. The Bertz CT molecular complexity index is 5720. The highest BCUT2D eigenvalue weighted by Gasteiger charge is 2.23. The number of aromatic carboxylic acids is 3. The molecule has 115 heavy (non-hydrogen) atoms. The number of hydrogen-bond donors (Lipinski definition) is 8. The van der Waals surface area contributed by atoms with Crippen LogP contribution in [0.15, 0.2) is 175 Å². The zero-order valence-electron chi connectivity index (χ0n) is 65.0. The van der Waals surface area contributed by atoms with E-state index in [9.17, 15) is 29.4 Å². The number of aryl methyl sites for hydroxylation is 8. The molecule has 0 bridgehead atoms. The first-order chi connectivity index (χ1) is 55.4. The molecule has 8 heterocycles. The summed E-state index contributed by atoms with van der Waals surface area (Å²) >= 11 is 6.24. The third-order valence-electron chi connectivity index (χ3n) is 17.5. The molecule has 0 unspecified atom stereocenters. The van der Waals surface area contributed by atoms with Gasteiger partial charge in [0.1, 0.15) is 51.8 Å². The molecule has 0 amide bonds. The fourth-order valence-electron chi connectivity index (χ4n) is 12.0. The van der Waals surface area contributed by atoms with E-state index in [1.165, 1.54) is 19.2 Å². The number of thiazole rings is 4. The standard InChI is InChI=1S/C24H22N4O2S.C21H22N4O3S.C21H22N4O2S.C20H20N4O2S/c1-4-6-19-20(5-2)27-23(21-13-31-14(3)25-21)28-22(19)26-18-10-9-15-11-17(24(29)30)8-7-16(15)12-18;1-5-7-14-15(6-2)23-20(17-11-29-12(3)22-17)25-19(14)24-16-9-8-13(21(26)27)10-18(16)28-4;1-4-6-16-17(5-2)24-21(18-12-28-13(3)22-18)25-20(16)23-15-9-7-14(8-10-15)11-19(26)27;1-4-6-15-16(5-2)23-19(17-11-27-12(3)21-17)24-18(15)22-14-9-7-13(8-10-14)20(25)26/h4,7-13H,1,5-6H2,2-3H3,(H,29,30)(H,26,27,28);5,8-11H,1,6-7H2,2-4H3,(H,26,27)(H,23,24,25);4,7-10,12H,1,5-6,11H2,2-3H3,(H,26,27)(H,23,24,25);4,7-11H,1,5-6H2,2-3H3,(H,25,26)(H,22,23,24). The lowest BCUT2D eigenvalue weighted by molar-refractivity contribution is -0.136. The van der Waals surface area contributed by atoms with Gasteiger partial charge >= 0.3 is 23.9 Å². The van der Waals surface area contributed by atoms with Gasteiger partial charge in [-0.05, 0) is 174 Å². The van der Waals surface area contributed by atoms with E-state index < -0.39 is 23.9 Å². The second-order valence-electron chi connectivity index (χ2n) is 25.6. The molecule has 13 rings (SSSR count). The normalized spacial score (nSPS) is 10.7. The topological polar surface area (TPSA) is 361 Å². The summed E-state index contributed by atoms with van der Waals surface area (Å²) in [6.07, 6.45) is 12.9. The van der Waals surface area contributed by atoms with Crippen LogP contribution in [0.1, 0.15) is 129 Å². The molecular formula is C86H86N16O9S4. The summed E-state index contributed by atoms with van der Waals surface area (Å²) in [5.41, 5.74) is 15.2. The van der Waals surface area contributed by atoms with Crippen molar-refractivity contribution in [1.82, 2.24) is 59.8 Å². The number of fused-ring (bicyclic) bond motifs is 1. The maximum Gasteiger partial charge on any atom is 0.335 e. The number of nitrogens with one attached hydrogen (secondary N) is 4. The van der Waals surface area contributed by atoms with Crippen molar-refractivity contribution in [1.29, 1.82) is 0 Å². The number of ether oxygens (including phenoxy) is 1. The summed E-state index contributed by atoms with van der Waals surface area (Å²) in [6, 6.07) is 29.5. The third-order valence-corrected chi connectivity index (χ3v) is 20.6. The quantitative estimate of drug-likeness (QED) is 0.0194. The molecule has 0 spiro atoms. The highest BCUT2D eigenvalue weighted by atomic mass is 32.1. The molecule has 29 heteroatoms. The van der Waals surface area contributed by atoms with Gasteiger partial charge in [0, 0.05) is 83.6 Å². The molecule has 0 saturated heterocycles. The minimum Gasteiger partial charge on any atom is -0.495 e. The largest absolute Gasteiger partial charge is 0.495 e. The fraction of sp³-hybridized carbons (Fsp3) is 0.209. The van der Waals surface area contributed by atoms with Gasteiger partial charge < -0.3 is 46.4 Å². The molecule has 0 aliphatic rings.